The molecule has 0 aliphatic rings. The number of nitrogens with one attached hydrogen (secondary N) is 1. The van der Waals surface area contributed by atoms with Crippen LogP contribution in [0.3, 0.4) is 0 Å². The summed E-state index contributed by atoms with van der Waals surface area (Å²) in [5.74, 6) is -1.21. The van der Waals surface area contributed by atoms with Gasteiger partial charge < -0.3 is 30.7 Å². The fourth-order valence-corrected chi connectivity index (χ4v) is 4.18. The van der Waals surface area contributed by atoms with Gasteiger partial charge in [-0.2, -0.15) is 0 Å². The molecule has 1 aromatic carbocycles. The van der Waals surface area contributed by atoms with Crippen molar-refractivity contribution < 1.29 is 24.4 Å². The molecule has 3 rings (SSSR count). The van der Waals surface area contributed by atoms with E-state index < -0.39 is 35.8 Å². The van der Waals surface area contributed by atoms with Gasteiger partial charge in [-0.25, -0.2) is 9.78 Å². The van der Waals surface area contributed by atoms with E-state index in [1.165, 1.54) is 29.4 Å². The fourth-order valence-electron chi connectivity index (χ4n) is 3.49. The Kier molecular flexibility index (Phi) is 9.23. The number of benzene rings is 1. The molecule has 15 heteroatoms. The summed E-state index contributed by atoms with van der Waals surface area (Å²) in [6.07, 6.45) is 3.45. The minimum atomic E-state index is -1.84. The first-order chi connectivity index (χ1) is 18.2. The van der Waals surface area contributed by atoms with Crippen molar-refractivity contribution in [3.8, 4) is 5.69 Å². The summed E-state index contributed by atoms with van der Waals surface area (Å²) in [5.41, 5.74) is 4.67. The van der Waals surface area contributed by atoms with Crippen molar-refractivity contribution in [3.63, 3.8) is 0 Å². The minimum absolute atomic E-state index is 0.00357. The molecule has 0 atom stereocenters. The predicted molar refractivity (Wildman–Crippen MR) is 149 cm³/mol. The van der Waals surface area contributed by atoms with Crippen LogP contribution in [0.1, 0.15) is 43.6 Å². The Labute approximate surface area is 234 Å². The Bertz CT molecular complexity index is 1440. The zero-order valence-corrected chi connectivity index (χ0v) is 23.1. The maximum absolute atomic E-state index is 13.3. The summed E-state index contributed by atoms with van der Waals surface area (Å²) in [6.45, 7) is 7.65. The number of anilines is 2. The number of nitrogens with two attached hydrogens (primary N) is 1. The normalized spacial score (nSPS) is 11.2. The molecule has 0 bridgehead atoms. The summed E-state index contributed by atoms with van der Waals surface area (Å²) in [5, 5.41) is 21.2. The fraction of sp³-hybridized carbons (Fsp3) is 0.292. The molecule has 0 aliphatic heterocycles. The summed E-state index contributed by atoms with van der Waals surface area (Å²) >= 11 is 12.5. The maximum atomic E-state index is 13.3. The van der Waals surface area contributed by atoms with E-state index in [0.717, 1.165) is 10.9 Å². The van der Waals surface area contributed by atoms with Crippen LogP contribution in [0.4, 0.5) is 16.3 Å². The maximum Gasteiger partial charge on any atom is 0.488 e. The van der Waals surface area contributed by atoms with E-state index in [9.17, 15) is 24.4 Å². The van der Waals surface area contributed by atoms with Crippen molar-refractivity contribution in [1.82, 2.24) is 19.4 Å². The van der Waals surface area contributed by atoms with Crippen molar-refractivity contribution in [1.29, 1.82) is 0 Å². The van der Waals surface area contributed by atoms with Crippen LogP contribution in [0.15, 0.2) is 41.7 Å². The summed E-state index contributed by atoms with van der Waals surface area (Å²) in [4.78, 5) is 48.4. The van der Waals surface area contributed by atoms with Crippen LogP contribution in [-0.2, 0) is 11.3 Å². The van der Waals surface area contributed by atoms with E-state index in [-0.39, 0.29) is 39.2 Å². The van der Waals surface area contributed by atoms with Gasteiger partial charge in [-0.3, -0.25) is 19.1 Å². The van der Waals surface area contributed by atoms with Crippen LogP contribution in [-0.4, -0.2) is 60.7 Å². The van der Waals surface area contributed by atoms with E-state index in [2.05, 4.69) is 15.3 Å². The molecule has 5 N–H and O–H groups in total. The molecular formula is C24H27BCl2N6O6. The quantitative estimate of drug-likeness (QED) is 0.307. The van der Waals surface area contributed by atoms with Gasteiger partial charge in [0.05, 0.1) is 34.2 Å². The zero-order valence-electron chi connectivity index (χ0n) is 21.6. The third kappa shape index (κ3) is 7.27. The number of carbonyl (C=O) groups excluding carboxylic acids is 2. The number of pyridine rings is 1. The molecule has 0 spiro atoms. The number of rotatable bonds is 7. The zero-order chi connectivity index (χ0) is 29.1. The number of aromatic nitrogens is 3. The average Bonchev–Trinajstić information content (AvgIpc) is 2.82. The van der Waals surface area contributed by atoms with Crippen LogP contribution < -0.4 is 22.1 Å². The lowest BCUT2D eigenvalue weighted by atomic mass is 9.80. The summed E-state index contributed by atoms with van der Waals surface area (Å²) in [6, 6.07) is 4.02. The molecule has 12 nitrogen and oxygen atoms in total. The lowest BCUT2D eigenvalue weighted by Gasteiger charge is -2.26. The number of nitrogen functional groups attached to an aromatic ring is 1. The predicted octanol–water partition coefficient (Wildman–Crippen LogP) is 2.21. The molecule has 0 saturated carbocycles. The van der Waals surface area contributed by atoms with Crippen molar-refractivity contribution in [2.24, 2.45) is 0 Å². The Morgan fingerprint density at radius 2 is 1.82 bits per heavy atom. The SMILES string of the molecule is CCN(Cc1cncc(NC(=O)c2c(N)ncn(-c3c(Cl)cc(B(O)O)cc3Cl)c2=O)c1)C(=O)OC(C)(C)C. The van der Waals surface area contributed by atoms with Gasteiger partial charge in [-0.1, -0.05) is 23.2 Å². The largest absolute Gasteiger partial charge is 0.488 e. The van der Waals surface area contributed by atoms with Crippen molar-refractivity contribution >= 4 is 59.3 Å². The lowest BCUT2D eigenvalue weighted by Crippen LogP contribution is -2.36. The van der Waals surface area contributed by atoms with Gasteiger partial charge in [0, 0.05) is 12.7 Å². The van der Waals surface area contributed by atoms with E-state index >= 15 is 0 Å². The van der Waals surface area contributed by atoms with Gasteiger partial charge in [0.15, 0.2) is 0 Å². The van der Waals surface area contributed by atoms with Crippen LogP contribution in [0.25, 0.3) is 5.69 Å². The number of ether oxygens (including phenoxy) is 1. The Morgan fingerprint density at radius 1 is 1.18 bits per heavy atom. The number of amides is 2. The van der Waals surface area contributed by atoms with E-state index in [4.69, 9.17) is 33.7 Å². The number of hydrogen-bond acceptors (Lipinski definition) is 9. The molecular weight excluding hydrogens is 550 g/mol. The van der Waals surface area contributed by atoms with Crippen molar-refractivity contribution in [2.45, 2.75) is 39.8 Å². The standard InChI is InChI=1S/C24H27BCl2N6O6/c1-5-32(23(36)39-24(2,3)4)11-13-6-15(10-29-9-13)31-21(34)18-20(28)30-12-33(22(18)35)19-16(26)7-14(25(37)38)8-17(19)27/h6-10,12,37-38H,5,11,28H2,1-4H3,(H,31,34). The number of carbonyl (C=O) groups is 2. The summed E-state index contributed by atoms with van der Waals surface area (Å²) in [7, 11) is -1.84. The van der Waals surface area contributed by atoms with Gasteiger partial charge >= 0.3 is 13.2 Å². The third-order valence-electron chi connectivity index (χ3n) is 5.27. The second-order valence-electron chi connectivity index (χ2n) is 9.42. The molecule has 0 unspecified atom stereocenters. The number of hydrogen-bond donors (Lipinski definition) is 4. The van der Waals surface area contributed by atoms with Crippen LogP contribution in [0.2, 0.25) is 10.0 Å². The molecule has 39 heavy (non-hydrogen) atoms. The first-order valence-electron chi connectivity index (χ1n) is 11.7. The highest BCUT2D eigenvalue weighted by Crippen LogP contribution is 2.27. The monoisotopic (exact) mass is 576 g/mol. The number of halogens is 2. The van der Waals surface area contributed by atoms with Gasteiger partial charge in [-0.15, -0.1) is 0 Å². The number of nitrogens with zero attached hydrogens (tertiary/aromatic N) is 4. The molecule has 206 valence electrons. The molecule has 0 radical (unpaired) electrons. The van der Waals surface area contributed by atoms with E-state index in [1.807, 2.05) is 0 Å². The molecule has 2 heterocycles. The first kappa shape index (κ1) is 29.9. The molecule has 0 fully saturated rings. The molecule has 0 saturated heterocycles. The van der Waals surface area contributed by atoms with E-state index in [0.29, 0.717) is 12.1 Å². The van der Waals surface area contributed by atoms with E-state index in [1.54, 1.807) is 33.8 Å². The summed E-state index contributed by atoms with van der Waals surface area (Å²) < 4.78 is 6.35. The van der Waals surface area contributed by atoms with Gasteiger partial charge in [0.2, 0.25) is 0 Å². The third-order valence-corrected chi connectivity index (χ3v) is 5.84. The molecule has 2 aromatic heterocycles. The second-order valence-corrected chi connectivity index (χ2v) is 10.2. The Hall–Kier alpha value is -3.65. The minimum Gasteiger partial charge on any atom is -0.444 e. The second kappa shape index (κ2) is 12.0. The van der Waals surface area contributed by atoms with Gasteiger partial charge in [0.25, 0.3) is 11.5 Å². The smallest absolute Gasteiger partial charge is 0.444 e. The highest BCUT2D eigenvalue weighted by atomic mass is 35.5. The topological polar surface area (TPSA) is 173 Å². The van der Waals surface area contributed by atoms with Gasteiger partial charge in [0.1, 0.15) is 23.3 Å². The Morgan fingerprint density at radius 3 is 2.38 bits per heavy atom. The molecule has 3 aromatic rings. The highest BCUT2D eigenvalue weighted by molar-refractivity contribution is 6.59. The van der Waals surface area contributed by atoms with Crippen LogP contribution in [0.5, 0.6) is 0 Å². The van der Waals surface area contributed by atoms with Crippen molar-refractivity contribution in [3.05, 3.63) is 68.4 Å². The Balaban J connectivity index is 1.89. The van der Waals surface area contributed by atoms with Gasteiger partial charge in [-0.05, 0) is 56.9 Å². The molecule has 2 amide bonds. The first-order valence-corrected chi connectivity index (χ1v) is 12.4. The lowest BCUT2D eigenvalue weighted by molar-refractivity contribution is 0.0244. The molecule has 0 aliphatic carbocycles. The highest BCUT2D eigenvalue weighted by Gasteiger charge is 2.24. The van der Waals surface area contributed by atoms with Crippen LogP contribution >= 0.6 is 23.2 Å². The average molecular weight is 577 g/mol. The van der Waals surface area contributed by atoms with Crippen molar-refractivity contribution in [2.75, 3.05) is 17.6 Å². The van der Waals surface area contributed by atoms with Crippen LogP contribution in [0, 0.1) is 0 Å².